The van der Waals surface area contributed by atoms with Gasteiger partial charge in [0, 0.05) is 13.0 Å². The van der Waals surface area contributed by atoms with Crippen molar-refractivity contribution in [1.29, 1.82) is 0 Å². The fourth-order valence-corrected chi connectivity index (χ4v) is 3.61. The van der Waals surface area contributed by atoms with Gasteiger partial charge in [-0.1, -0.05) is 12.1 Å². The van der Waals surface area contributed by atoms with E-state index in [9.17, 15) is 34.2 Å². The molecule has 1 aromatic rings. The number of primary amides is 1. The van der Waals surface area contributed by atoms with Crippen LogP contribution in [0.2, 0.25) is 0 Å². The summed E-state index contributed by atoms with van der Waals surface area (Å²) in [6.07, 6.45) is 0.0457. The minimum absolute atomic E-state index is 0.0109. The summed E-state index contributed by atoms with van der Waals surface area (Å²) >= 11 is 0. The summed E-state index contributed by atoms with van der Waals surface area (Å²) in [5, 5.41) is 32.6. The van der Waals surface area contributed by atoms with Crippen LogP contribution in [0.4, 0.5) is 0 Å². The van der Waals surface area contributed by atoms with Crippen molar-refractivity contribution >= 4 is 29.6 Å². The lowest BCUT2D eigenvalue weighted by molar-refractivity contribution is -0.143. The Labute approximate surface area is 195 Å². The largest absolute Gasteiger partial charge is 0.508 e. The Balaban J connectivity index is 2.12. The van der Waals surface area contributed by atoms with E-state index in [0.717, 1.165) is 0 Å². The van der Waals surface area contributed by atoms with Crippen LogP contribution in [0.5, 0.6) is 5.75 Å². The van der Waals surface area contributed by atoms with Gasteiger partial charge in [-0.2, -0.15) is 0 Å². The average molecular weight is 479 g/mol. The molecule has 1 fully saturated rings. The summed E-state index contributed by atoms with van der Waals surface area (Å²) in [6, 6.07) is 0.667. The van der Waals surface area contributed by atoms with Crippen LogP contribution in [0.15, 0.2) is 24.3 Å². The van der Waals surface area contributed by atoms with Crippen LogP contribution >= 0.6 is 0 Å². The van der Waals surface area contributed by atoms with Crippen molar-refractivity contribution < 1.29 is 39.3 Å². The lowest BCUT2D eigenvalue weighted by Gasteiger charge is -2.28. The number of aliphatic carboxylic acids is 1. The second kappa shape index (κ2) is 12.0. The molecule has 9 N–H and O–H groups in total. The van der Waals surface area contributed by atoms with Gasteiger partial charge in [0.15, 0.2) is 0 Å². The third kappa shape index (κ3) is 7.15. The Morgan fingerprint density at radius 1 is 1.09 bits per heavy atom. The Bertz CT molecular complexity index is 922. The van der Waals surface area contributed by atoms with Crippen molar-refractivity contribution in [2.45, 2.75) is 49.9 Å². The molecule has 0 unspecified atom stereocenters. The molecule has 13 nitrogen and oxygen atoms in total. The summed E-state index contributed by atoms with van der Waals surface area (Å²) in [6.45, 7) is -0.376. The number of nitrogens with zero attached hydrogens (tertiary/aromatic N) is 1. The van der Waals surface area contributed by atoms with E-state index in [0.29, 0.717) is 12.0 Å². The van der Waals surface area contributed by atoms with Gasteiger partial charge < -0.3 is 42.3 Å². The molecule has 4 amide bonds. The second-order valence-corrected chi connectivity index (χ2v) is 7.98. The van der Waals surface area contributed by atoms with Crippen LogP contribution in [0.1, 0.15) is 24.8 Å². The Hall–Kier alpha value is -3.71. The number of rotatable bonds is 11. The van der Waals surface area contributed by atoms with Gasteiger partial charge in [-0.3, -0.25) is 19.2 Å². The molecule has 0 saturated carbocycles. The number of aliphatic hydroxyl groups is 1. The molecule has 1 aromatic carbocycles. The van der Waals surface area contributed by atoms with E-state index in [1.165, 1.54) is 29.2 Å². The Morgan fingerprint density at radius 2 is 1.74 bits per heavy atom. The second-order valence-electron chi connectivity index (χ2n) is 7.98. The van der Waals surface area contributed by atoms with Gasteiger partial charge in [0.05, 0.1) is 13.0 Å². The number of nitrogens with one attached hydrogen (secondary N) is 2. The number of amides is 4. The lowest BCUT2D eigenvalue weighted by Crippen LogP contribution is -2.57. The van der Waals surface area contributed by atoms with Crippen molar-refractivity contribution in [3.05, 3.63) is 29.8 Å². The molecule has 1 saturated heterocycles. The number of hydrogen-bond donors (Lipinski definition) is 7. The first-order valence-corrected chi connectivity index (χ1v) is 10.6. The highest BCUT2D eigenvalue weighted by atomic mass is 16.4. The number of likely N-dealkylation sites (tertiary alicyclic amines) is 1. The summed E-state index contributed by atoms with van der Waals surface area (Å²) < 4.78 is 0. The number of carbonyl (C=O) groups excluding carboxylic acids is 4. The van der Waals surface area contributed by atoms with Gasteiger partial charge in [-0.05, 0) is 30.5 Å². The fraction of sp³-hybridized carbons (Fsp3) is 0.476. The van der Waals surface area contributed by atoms with Gasteiger partial charge in [0.1, 0.15) is 29.9 Å². The third-order valence-corrected chi connectivity index (χ3v) is 5.38. The number of carbonyl (C=O) groups is 5. The minimum atomic E-state index is -1.48. The molecule has 0 radical (unpaired) electrons. The highest BCUT2D eigenvalue weighted by Gasteiger charge is 2.38. The maximum atomic E-state index is 12.8. The highest BCUT2D eigenvalue weighted by molar-refractivity contribution is 5.96. The number of nitrogens with two attached hydrogens (primary N) is 2. The van der Waals surface area contributed by atoms with E-state index in [2.05, 4.69) is 10.6 Å². The van der Waals surface area contributed by atoms with Crippen LogP contribution in [0.3, 0.4) is 0 Å². The quantitative estimate of drug-likeness (QED) is 0.173. The monoisotopic (exact) mass is 479 g/mol. The van der Waals surface area contributed by atoms with Gasteiger partial charge in [-0.25, -0.2) is 4.79 Å². The maximum absolute atomic E-state index is 12.8. The van der Waals surface area contributed by atoms with Crippen molar-refractivity contribution in [3.63, 3.8) is 0 Å². The summed E-state index contributed by atoms with van der Waals surface area (Å²) in [5.74, 6) is -4.58. The molecule has 34 heavy (non-hydrogen) atoms. The van der Waals surface area contributed by atoms with E-state index < -0.39 is 66.8 Å². The molecule has 4 atom stereocenters. The van der Waals surface area contributed by atoms with Crippen molar-refractivity contribution in [2.75, 3.05) is 13.2 Å². The number of phenolic OH excluding ortho intramolecular Hbond substituents is 1. The standard InChI is InChI=1S/C21H29N5O8/c22-13(10-27)20(32)26-7-1-2-16(26)19(31)24-14(9-17(23)29)18(30)25-15(21(33)34)8-11-3-5-12(28)6-4-11/h3-6,13-16,27-28H,1-2,7-10,22H2,(H2,23,29)(H,24,31)(H,25,30)(H,33,34)/t13-,14-,15-,16-/m0/s1. The zero-order valence-corrected chi connectivity index (χ0v) is 18.3. The molecule has 0 aliphatic carbocycles. The normalized spacial score (nSPS) is 17.9. The molecule has 1 aliphatic heterocycles. The van der Waals surface area contributed by atoms with E-state index in [1.807, 2.05) is 0 Å². The number of phenols is 1. The van der Waals surface area contributed by atoms with Crippen LogP contribution in [-0.2, 0) is 30.4 Å². The third-order valence-electron chi connectivity index (χ3n) is 5.38. The molecular weight excluding hydrogens is 450 g/mol. The zero-order valence-electron chi connectivity index (χ0n) is 18.3. The number of carboxylic acids is 1. The van der Waals surface area contributed by atoms with Gasteiger partial charge in [0.25, 0.3) is 0 Å². The number of hydrogen-bond acceptors (Lipinski definition) is 8. The molecule has 186 valence electrons. The van der Waals surface area contributed by atoms with Crippen LogP contribution in [0, 0.1) is 0 Å². The van der Waals surface area contributed by atoms with Crippen LogP contribution in [0.25, 0.3) is 0 Å². The Kier molecular flexibility index (Phi) is 9.33. The van der Waals surface area contributed by atoms with Gasteiger partial charge in [0.2, 0.25) is 23.6 Å². The molecule has 2 rings (SSSR count). The SMILES string of the molecule is NC(=O)C[C@H](NC(=O)[C@@H]1CCCN1C(=O)[C@@H](N)CO)C(=O)N[C@@H](Cc1ccc(O)cc1)C(=O)O. The molecule has 1 aliphatic rings. The predicted molar refractivity (Wildman–Crippen MR) is 117 cm³/mol. The van der Waals surface area contributed by atoms with E-state index in [1.54, 1.807) is 0 Å². The lowest BCUT2D eigenvalue weighted by atomic mass is 10.0. The van der Waals surface area contributed by atoms with E-state index >= 15 is 0 Å². The van der Waals surface area contributed by atoms with Gasteiger partial charge >= 0.3 is 5.97 Å². The molecule has 1 heterocycles. The van der Waals surface area contributed by atoms with Crippen molar-refractivity contribution in [3.8, 4) is 5.75 Å². The topological polar surface area (TPSA) is 225 Å². The number of aromatic hydroxyl groups is 1. The molecule has 13 heteroatoms. The van der Waals surface area contributed by atoms with Crippen LogP contribution < -0.4 is 22.1 Å². The number of aliphatic hydroxyl groups excluding tert-OH is 1. The highest BCUT2D eigenvalue weighted by Crippen LogP contribution is 2.19. The molecular formula is C21H29N5O8. The number of benzene rings is 1. The molecule has 0 aromatic heterocycles. The first-order chi connectivity index (χ1) is 16.0. The van der Waals surface area contributed by atoms with Crippen molar-refractivity contribution in [1.82, 2.24) is 15.5 Å². The smallest absolute Gasteiger partial charge is 0.326 e. The number of carboxylic acid groups (broad SMARTS) is 1. The zero-order chi connectivity index (χ0) is 25.4. The predicted octanol–water partition coefficient (Wildman–Crippen LogP) is -2.83. The first-order valence-electron chi connectivity index (χ1n) is 10.6. The minimum Gasteiger partial charge on any atom is -0.508 e. The Morgan fingerprint density at radius 3 is 2.29 bits per heavy atom. The summed E-state index contributed by atoms with van der Waals surface area (Å²) in [7, 11) is 0. The molecule has 0 spiro atoms. The van der Waals surface area contributed by atoms with E-state index in [-0.39, 0.29) is 25.1 Å². The first kappa shape index (κ1) is 26.5. The van der Waals surface area contributed by atoms with E-state index in [4.69, 9.17) is 16.6 Å². The summed E-state index contributed by atoms with van der Waals surface area (Å²) in [5.41, 5.74) is 11.3. The maximum Gasteiger partial charge on any atom is 0.326 e. The van der Waals surface area contributed by atoms with Crippen LogP contribution in [-0.4, -0.2) is 87.1 Å². The van der Waals surface area contributed by atoms with Crippen molar-refractivity contribution in [2.24, 2.45) is 11.5 Å². The van der Waals surface area contributed by atoms with Gasteiger partial charge in [-0.15, -0.1) is 0 Å². The fourth-order valence-electron chi connectivity index (χ4n) is 3.61. The summed E-state index contributed by atoms with van der Waals surface area (Å²) in [4.78, 5) is 62.3. The average Bonchev–Trinajstić information content (AvgIpc) is 3.28. The molecule has 0 bridgehead atoms.